The second-order valence-corrected chi connectivity index (χ2v) is 7.51. The molecule has 2 rings (SSSR count). The first-order chi connectivity index (χ1) is 10.6. The van der Waals surface area contributed by atoms with Gasteiger partial charge in [-0.2, -0.15) is 0 Å². The summed E-state index contributed by atoms with van der Waals surface area (Å²) in [6.07, 6.45) is 3.26. The predicted octanol–water partition coefficient (Wildman–Crippen LogP) is 1.76. The fraction of sp³-hybridized carbons (Fsp3) is 0.812. The maximum atomic E-state index is 12.5. The number of nitrogens with zero attached hydrogens (tertiary/aromatic N) is 1. The molecule has 0 aromatic heterocycles. The van der Waals surface area contributed by atoms with Crippen LogP contribution in [-0.4, -0.2) is 52.2 Å². The molecule has 7 nitrogen and oxygen atoms in total. The summed E-state index contributed by atoms with van der Waals surface area (Å²) in [7, 11) is 0. The van der Waals surface area contributed by atoms with Crippen LogP contribution in [0.4, 0.5) is 4.79 Å². The summed E-state index contributed by atoms with van der Waals surface area (Å²) >= 11 is 0. The lowest BCUT2D eigenvalue weighted by Crippen LogP contribution is -2.57. The summed E-state index contributed by atoms with van der Waals surface area (Å²) in [6.45, 7) is 5.48. The Morgan fingerprint density at radius 3 is 2.35 bits per heavy atom. The van der Waals surface area contributed by atoms with Crippen LogP contribution in [0.2, 0.25) is 0 Å². The first kappa shape index (κ1) is 17.6. The van der Waals surface area contributed by atoms with Crippen LogP contribution in [0.25, 0.3) is 0 Å². The molecule has 0 radical (unpaired) electrons. The van der Waals surface area contributed by atoms with Gasteiger partial charge in [-0.1, -0.05) is 12.8 Å². The van der Waals surface area contributed by atoms with Crippen molar-refractivity contribution in [3.8, 4) is 0 Å². The van der Waals surface area contributed by atoms with Crippen LogP contribution < -0.4 is 5.32 Å². The van der Waals surface area contributed by atoms with Crippen LogP contribution in [0.15, 0.2) is 0 Å². The topological polar surface area (TPSA) is 95.9 Å². The highest BCUT2D eigenvalue weighted by Crippen LogP contribution is 2.30. The highest BCUT2D eigenvalue weighted by atomic mass is 16.6. The normalized spacial score (nSPS) is 25.4. The highest BCUT2D eigenvalue weighted by molar-refractivity contribution is 5.87. The maximum Gasteiger partial charge on any atom is 0.408 e. The summed E-state index contributed by atoms with van der Waals surface area (Å²) in [5, 5.41) is 12.0. The van der Waals surface area contributed by atoms with Gasteiger partial charge >= 0.3 is 12.1 Å². The van der Waals surface area contributed by atoms with Crippen LogP contribution in [0, 0.1) is 5.92 Å². The fourth-order valence-corrected chi connectivity index (χ4v) is 3.26. The van der Waals surface area contributed by atoms with E-state index in [0.29, 0.717) is 6.54 Å². The van der Waals surface area contributed by atoms with Gasteiger partial charge in [-0.25, -0.2) is 9.59 Å². The second kappa shape index (κ2) is 6.37. The molecule has 1 aliphatic carbocycles. The van der Waals surface area contributed by atoms with Crippen molar-refractivity contribution < 1.29 is 24.2 Å². The standard InChI is InChI=1S/C16H26N2O5/c1-15(2,3)23-14(22)17-16(13(20)21)8-9-18(10-16)12(19)11-6-4-5-7-11/h11H,4-10H2,1-3H3,(H,17,22)(H,20,21). The molecular formula is C16H26N2O5. The summed E-state index contributed by atoms with van der Waals surface area (Å²) in [5.41, 5.74) is -2.17. The van der Waals surface area contributed by atoms with Gasteiger partial charge in [0.1, 0.15) is 5.60 Å². The van der Waals surface area contributed by atoms with Crippen LogP contribution in [-0.2, 0) is 14.3 Å². The molecule has 1 saturated heterocycles. The number of carbonyl (C=O) groups excluding carboxylic acids is 2. The number of amides is 2. The van der Waals surface area contributed by atoms with Gasteiger partial charge < -0.3 is 20.1 Å². The number of ether oxygens (including phenoxy) is 1. The summed E-state index contributed by atoms with van der Waals surface area (Å²) in [4.78, 5) is 37.7. The molecule has 130 valence electrons. The number of carboxylic acids is 1. The third kappa shape index (κ3) is 4.14. The Morgan fingerprint density at radius 1 is 1.22 bits per heavy atom. The monoisotopic (exact) mass is 326 g/mol. The van der Waals surface area contributed by atoms with Crippen LogP contribution >= 0.6 is 0 Å². The molecule has 1 aliphatic heterocycles. The van der Waals surface area contributed by atoms with Crippen LogP contribution in [0.1, 0.15) is 52.9 Å². The van der Waals surface area contributed by atoms with Gasteiger partial charge in [-0.3, -0.25) is 4.79 Å². The summed E-state index contributed by atoms with van der Waals surface area (Å²) in [6, 6.07) is 0. The third-order valence-electron chi connectivity index (χ3n) is 4.43. The number of hydrogen-bond acceptors (Lipinski definition) is 4. The zero-order valence-corrected chi connectivity index (χ0v) is 14.1. The lowest BCUT2D eigenvalue weighted by molar-refractivity contribution is -0.144. The number of likely N-dealkylation sites (tertiary alicyclic amines) is 1. The zero-order chi connectivity index (χ0) is 17.3. The molecule has 0 aromatic rings. The first-order valence-electron chi connectivity index (χ1n) is 8.16. The van der Waals surface area contributed by atoms with E-state index in [-0.39, 0.29) is 24.8 Å². The number of rotatable bonds is 3. The van der Waals surface area contributed by atoms with Crippen LogP contribution in [0.5, 0.6) is 0 Å². The number of nitrogens with one attached hydrogen (secondary N) is 1. The van der Waals surface area contributed by atoms with Crippen molar-refractivity contribution in [3.05, 3.63) is 0 Å². The van der Waals surface area contributed by atoms with E-state index in [9.17, 15) is 19.5 Å². The van der Waals surface area contributed by atoms with Gasteiger partial charge in [0.05, 0.1) is 6.54 Å². The number of carbonyl (C=O) groups is 3. The molecule has 2 N–H and O–H groups in total. The van der Waals surface area contributed by atoms with Gasteiger partial charge in [-0.05, 0) is 33.6 Å². The first-order valence-corrected chi connectivity index (χ1v) is 8.16. The van der Waals surface area contributed by atoms with E-state index in [4.69, 9.17) is 4.74 Å². The van der Waals surface area contributed by atoms with Gasteiger partial charge in [-0.15, -0.1) is 0 Å². The van der Waals surface area contributed by atoms with Crippen molar-refractivity contribution in [1.82, 2.24) is 10.2 Å². The molecule has 0 aromatic carbocycles. The number of aliphatic carboxylic acids is 1. The molecule has 1 heterocycles. The van der Waals surface area contributed by atoms with Crippen molar-refractivity contribution >= 4 is 18.0 Å². The lowest BCUT2D eigenvalue weighted by atomic mass is 9.99. The molecule has 1 atom stereocenters. The Bertz CT molecular complexity index is 493. The number of alkyl carbamates (subject to hydrolysis) is 1. The minimum Gasteiger partial charge on any atom is -0.479 e. The van der Waals surface area contributed by atoms with E-state index in [1.54, 1.807) is 25.7 Å². The van der Waals surface area contributed by atoms with Gasteiger partial charge in [0, 0.05) is 18.9 Å². The average molecular weight is 326 g/mol. The van der Waals surface area contributed by atoms with E-state index >= 15 is 0 Å². The van der Waals surface area contributed by atoms with Gasteiger partial charge in [0.25, 0.3) is 0 Å². The molecular weight excluding hydrogens is 300 g/mol. The lowest BCUT2D eigenvalue weighted by Gasteiger charge is -2.28. The van der Waals surface area contributed by atoms with Crippen molar-refractivity contribution in [2.45, 2.75) is 64.0 Å². The molecule has 1 saturated carbocycles. The fourth-order valence-electron chi connectivity index (χ4n) is 3.26. The zero-order valence-electron chi connectivity index (χ0n) is 14.1. The minimum absolute atomic E-state index is 0.00104. The second-order valence-electron chi connectivity index (χ2n) is 7.51. The molecule has 0 bridgehead atoms. The van der Waals surface area contributed by atoms with Crippen molar-refractivity contribution in [2.24, 2.45) is 5.92 Å². The van der Waals surface area contributed by atoms with Gasteiger partial charge in [0.15, 0.2) is 5.54 Å². The molecule has 1 unspecified atom stereocenters. The van der Waals surface area contributed by atoms with E-state index in [1.807, 2.05) is 0 Å². The average Bonchev–Trinajstić information content (AvgIpc) is 3.05. The summed E-state index contributed by atoms with van der Waals surface area (Å²) < 4.78 is 5.15. The van der Waals surface area contributed by atoms with Gasteiger partial charge in [0.2, 0.25) is 5.91 Å². The largest absolute Gasteiger partial charge is 0.479 e. The van der Waals surface area contributed by atoms with Crippen LogP contribution in [0.3, 0.4) is 0 Å². The molecule has 2 fully saturated rings. The Morgan fingerprint density at radius 2 is 1.83 bits per heavy atom. The molecule has 2 amide bonds. The SMILES string of the molecule is CC(C)(C)OC(=O)NC1(C(=O)O)CCN(C(=O)C2CCCC2)C1. The Labute approximate surface area is 136 Å². The molecule has 23 heavy (non-hydrogen) atoms. The van der Waals surface area contributed by atoms with Crippen molar-refractivity contribution in [2.75, 3.05) is 13.1 Å². The Balaban J connectivity index is 2.03. The van der Waals surface area contributed by atoms with E-state index < -0.39 is 23.2 Å². The van der Waals surface area contributed by atoms with E-state index in [2.05, 4.69) is 5.32 Å². The quantitative estimate of drug-likeness (QED) is 0.824. The molecule has 2 aliphatic rings. The number of carboxylic acid groups (broad SMARTS) is 1. The third-order valence-corrected chi connectivity index (χ3v) is 4.43. The highest BCUT2D eigenvalue weighted by Gasteiger charge is 2.49. The van der Waals surface area contributed by atoms with Crippen molar-refractivity contribution in [3.63, 3.8) is 0 Å². The predicted molar refractivity (Wildman–Crippen MR) is 82.9 cm³/mol. The Hall–Kier alpha value is -1.79. The molecule has 0 spiro atoms. The minimum atomic E-state index is -1.46. The summed E-state index contributed by atoms with van der Waals surface area (Å²) in [5.74, 6) is -1.12. The molecule has 7 heteroatoms. The van der Waals surface area contributed by atoms with E-state index in [1.165, 1.54) is 0 Å². The van der Waals surface area contributed by atoms with E-state index in [0.717, 1.165) is 25.7 Å². The van der Waals surface area contributed by atoms with Crippen molar-refractivity contribution in [1.29, 1.82) is 0 Å². The Kier molecular flexibility index (Phi) is 4.87. The number of hydrogen-bond donors (Lipinski definition) is 2. The maximum absolute atomic E-state index is 12.5. The smallest absolute Gasteiger partial charge is 0.408 e.